The highest BCUT2D eigenvalue weighted by Gasteiger charge is 2.14. The molecule has 98 valence electrons. The van der Waals surface area contributed by atoms with Crippen molar-refractivity contribution in [1.29, 1.82) is 0 Å². The molecule has 0 aliphatic carbocycles. The Morgan fingerprint density at radius 1 is 1.22 bits per heavy atom. The van der Waals surface area contributed by atoms with Crippen LogP contribution in [0.1, 0.15) is 45.6 Å². The van der Waals surface area contributed by atoms with E-state index in [4.69, 9.17) is 4.52 Å². The van der Waals surface area contributed by atoms with Gasteiger partial charge in [0.05, 0.1) is 16.4 Å². The van der Waals surface area contributed by atoms with Crippen LogP contribution in [-0.2, 0) is 6.54 Å². The molecule has 0 radical (unpaired) electrons. The largest absolute Gasteiger partial charge is 0.361 e. The van der Waals surface area contributed by atoms with E-state index in [1.807, 2.05) is 20.8 Å². The molecule has 18 heavy (non-hydrogen) atoms. The average molecular weight is 265 g/mol. The van der Waals surface area contributed by atoms with E-state index in [0.717, 1.165) is 34.3 Å². The molecule has 0 amide bonds. The second-order valence-electron chi connectivity index (χ2n) is 4.59. The summed E-state index contributed by atoms with van der Waals surface area (Å²) in [6, 6.07) is 0.296. The second kappa shape index (κ2) is 5.20. The monoisotopic (exact) mass is 265 g/mol. The van der Waals surface area contributed by atoms with Crippen LogP contribution >= 0.6 is 11.3 Å². The van der Waals surface area contributed by atoms with Crippen LogP contribution in [0.4, 0.5) is 0 Å². The highest BCUT2D eigenvalue weighted by Crippen LogP contribution is 2.25. The standard InChI is InChI=1S/C13H19N3OS/c1-7-12(10(4)17-16-7)6-14-8(2)13-9(3)15-11(5)18-13/h8,14H,6H2,1-5H3. The zero-order chi connectivity index (χ0) is 13.3. The summed E-state index contributed by atoms with van der Waals surface area (Å²) >= 11 is 1.76. The Hall–Kier alpha value is -1.20. The third kappa shape index (κ3) is 2.62. The van der Waals surface area contributed by atoms with Crippen molar-refractivity contribution in [3.8, 4) is 0 Å². The Morgan fingerprint density at radius 2 is 1.94 bits per heavy atom. The molecular formula is C13H19N3OS. The minimum absolute atomic E-state index is 0.296. The molecule has 2 aromatic rings. The summed E-state index contributed by atoms with van der Waals surface area (Å²) in [5.74, 6) is 0.893. The van der Waals surface area contributed by atoms with E-state index in [2.05, 4.69) is 29.3 Å². The highest BCUT2D eigenvalue weighted by atomic mass is 32.1. The summed E-state index contributed by atoms with van der Waals surface area (Å²) in [6.45, 7) is 11.0. The van der Waals surface area contributed by atoms with Gasteiger partial charge in [-0.2, -0.15) is 0 Å². The molecule has 0 aliphatic heterocycles. The van der Waals surface area contributed by atoms with Crippen LogP contribution < -0.4 is 5.32 Å². The summed E-state index contributed by atoms with van der Waals surface area (Å²) in [5.41, 5.74) is 3.24. The number of nitrogens with zero attached hydrogens (tertiary/aromatic N) is 2. The lowest BCUT2D eigenvalue weighted by Gasteiger charge is -2.12. The van der Waals surface area contributed by atoms with E-state index in [9.17, 15) is 0 Å². The number of thiazole rings is 1. The Balaban J connectivity index is 2.05. The third-order valence-electron chi connectivity index (χ3n) is 3.10. The van der Waals surface area contributed by atoms with Gasteiger partial charge in [-0.25, -0.2) is 4.98 Å². The van der Waals surface area contributed by atoms with Crippen molar-refractivity contribution in [2.24, 2.45) is 0 Å². The van der Waals surface area contributed by atoms with Gasteiger partial charge in [0, 0.05) is 23.0 Å². The van der Waals surface area contributed by atoms with Gasteiger partial charge in [-0.3, -0.25) is 0 Å². The number of aryl methyl sites for hydroxylation is 4. The molecule has 4 nitrogen and oxygen atoms in total. The van der Waals surface area contributed by atoms with Gasteiger partial charge in [-0.15, -0.1) is 11.3 Å². The van der Waals surface area contributed by atoms with E-state index in [0.29, 0.717) is 6.04 Å². The lowest BCUT2D eigenvalue weighted by Crippen LogP contribution is -2.18. The van der Waals surface area contributed by atoms with Crippen LogP contribution in [0.5, 0.6) is 0 Å². The number of hydrogen-bond donors (Lipinski definition) is 1. The predicted octanol–water partition coefficient (Wildman–Crippen LogP) is 3.22. The molecule has 0 bridgehead atoms. The number of nitrogens with one attached hydrogen (secondary N) is 1. The Morgan fingerprint density at radius 3 is 2.44 bits per heavy atom. The topological polar surface area (TPSA) is 51.0 Å². The smallest absolute Gasteiger partial charge is 0.138 e. The van der Waals surface area contributed by atoms with Crippen molar-refractivity contribution >= 4 is 11.3 Å². The molecule has 0 saturated carbocycles. The van der Waals surface area contributed by atoms with Crippen molar-refractivity contribution < 1.29 is 4.52 Å². The van der Waals surface area contributed by atoms with Crippen molar-refractivity contribution in [1.82, 2.24) is 15.5 Å². The molecule has 5 heteroatoms. The maximum atomic E-state index is 5.16. The lowest BCUT2D eigenvalue weighted by molar-refractivity contribution is 0.391. The zero-order valence-electron chi connectivity index (χ0n) is 11.5. The van der Waals surface area contributed by atoms with Gasteiger partial charge in [0.1, 0.15) is 5.76 Å². The summed E-state index contributed by atoms with van der Waals surface area (Å²) in [6.07, 6.45) is 0. The molecule has 0 fully saturated rings. The van der Waals surface area contributed by atoms with E-state index < -0.39 is 0 Å². The second-order valence-corrected chi connectivity index (χ2v) is 5.82. The van der Waals surface area contributed by atoms with Crippen LogP contribution in [-0.4, -0.2) is 10.1 Å². The first-order valence-electron chi connectivity index (χ1n) is 6.08. The summed E-state index contributed by atoms with van der Waals surface area (Å²) in [4.78, 5) is 5.76. The van der Waals surface area contributed by atoms with Gasteiger partial charge in [0.2, 0.25) is 0 Å². The van der Waals surface area contributed by atoms with Crippen molar-refractivity contribution in [3.63, 3.8) is 0 Å². The molecule has 2 rings (SSSR count). The average Bonchev–Trinajstić information content (AvgIpc) is 2.80. The fourth-order valence-electron chi connectivity index (χ4n) is 2.05. The normalized spacial score (nSPS) is 12.9. The molecular weight excluding hydrogens is 246 g/mol. The Kier molecular flexibility index (Phi) is 3.82. The van der Waals surface area contributed by atoms with Crippen LogP contribution in [0.15, 0.2) is 4.52 Å². The predicted molar refractivity (Wildman–Crippen MR) is 72.8 cm³/mol. The first-order chi connectivity index (χ1) is 8.49. The number of aromatic nitrogens is 2. The zero-order valence-corrected chi connectivity index (χ0v) is 12.3. The van der Waals surface area contributed by atoms with Crippen LogP contribution in [0.25, 0.3) is 0 Å². The van der Waals surface area contributed by atoms with Gasteiger partial charge in [0.15, 0.2) is 0 Å². The minimum Gasteiger partial charge on any atom is -0.361 e. The third-order valence-corrected chi connectivity index (χ3v) is 4.35. The summed E-state index contributed by atoms with van der Waals surface area (Å²) < 4.78 is 5.16. The van der Waals surface area contributed by atoms with Gasteiger partial charge >= 0.3 is 0 Å². The maximum Gasteiger partial charge on any atom is 0.138 e. The lowest BCUT2D eigenvalue weighted by atomic mass is 10.2. The first-order valence-corrected chi connectivity index (χ1v) is 6.89. The first kappa shape index (κ1) is 13.2. The van der Waals surface area contributed by atoms with Crippen molar-refractivity contribution in [2.75, 3.05) is 0 Å². The Bertz CT molecular complexity index is 525. The fraction of sp³-hybridized carbons (Fsp3) is 0.538. The van der Waals surface area contributed by atoms with Gasteiger partial charge in [-0.1, -0.05) is 5.16 Å². The molecule has 0 spiro atoms. The maximum absolute atomic E-state index is 5.16. The van der Waals surface area contributed by atoms with E-state index >= 15 is 0 Å². The molecule has 1 N–H and O–H groups in total. The summed E-state index contributed by atoms with van der Waals surface area (Å²) in [5, 5.41) is 8.59. The van der Waals surface area contributed by atoms with E-state index in [-0.39, 0.29) is 0 Å². The molecule has 1 atom stereocenters. The van der Waals surface area contributed by atoms with Crippen molar-refractivity contribution in [2.45, 2.75) is 47.2 Å². The van der Waals surface area contributed by atoms with Gasteiger partial charge in [-0.05, 0) is 34.6 Å². The highest BCUT2D eigenvalue weighted by molar-refractivity contribution is 7.11. The van der Waals surface area contributed by atoms with Crippen LogP contribution in [0.3, 0.4) is 0 Å². The molecule has 2 aromatic heterocycles. The molecule has 0 aliphatic rings. The molecule has 2 heterocycles. The molecule has 1 unspecified atom stereocenters. The quantitative estimate of drug-likeness (QED) is 0.922. The van der Waals surface area contributed by atoms with Crippen molar-refractivity contribution in [3.05, 3.63) is 32.6 Å². The molecule has 0 aromatic carbocycles. The van der Waals surface area contributed by atoms with Gasteiger partial charge < -0.3 is 9.84 Å². The summed E-state index contributed by atoms with van der Waals surface area (Å²) in [7, 11) is 0. The van der Waals surface area contributed by atoms with Gasteiger partial charge in [0.25, 0.3) is 0 Å². The Labute approximate surface area is 111 Å². The van der Waals surface area contributed by atoms with Crippen LogP contribution in [0.2, 0.25) is 0 Å². The minimum atomic E-state index is 0.296. The SMILES string of the molecule is Cc1nc(C)c(C(C)NCc2c(C)noc2C)s1. The van der Waals surface area contributed by atoms with E-state index in [1.165, 1.54) is 4.88 Å². The van der Waals surface area contributed by atoms with Crippen LogP contribution in [0, 0.1) is 27.7 Å². The fourth-order valence-corrected chi connectivity index (χ4v) is 3.01. The van der Waals surface area contributed by atoms with E-state index in [1.54, 1.807) is 11.3 Å². The number of rotatable bonds is 4. The number of hydrogen-bond acceptors (Lipinski definition) is 5. The molecule has 0 saturated heterocycles.